The first-order valence-electron chi connectivity index (χ1n) is 9.81. The summed E-state index contributed by atoms with van der Waals surface area (Å²) in [5.74, 6) is -0.945. The van der Waals surface area contributed by atoms with Gasteiger partial charge < -0.3 is 20.2 Å². The summed E-state index contributed by atoms with van der Waals surface area (Å²) in [6.07, 6.45) is 3.07. The number of likely N-dealkylation sites (tertiary alicyclic amines) is 1. The Morgan fingerprint density at radius 3 is 2.43 bits per heavy atom. The Bertz CT molecular complexity index is 858. The third-order valence-electron chi connectivity index (χ3n) is 5.76. The van der Waals surface area contributed by atoms with Gasteiger partial charge in [0.2, 0.25) is 0 Å². The van der Waals surface area contributed by atoms with Crippen molar-refractivity contribution in [2.24, 2.45) is 0 Å². The van der Waals surface area contributed by atoms with Crippen LogP contribution in [0.25, 0.3) is 0 Å². The van der Waals surface area contributed by atoms with Crippen LogP contribution < -0.4 is 10.2 Å². The average molecular weight is 379 g/mol. The van der Waals surface area contributed by atoms with Crippen molar-refractivity contribution in [2.75, 3.05) is 24.5 Å². The van der Waals surface area contributed by atoms with E-state index in [1.807, 2.05) is 4.90 Å². The van der Waals surface area contributed by atoms with E-state index in [0.29, 0.717) is 12.6 Å². The highest BCUT2D eigenvalue weighted by Gasteiger charge is 2.30. The number of anilines is 1. The minimum Gasteiger partial charge on any atom is -0.478 e. The van der Waals surface area contributed by atoms with Crippen LogP contribution in [0.5, 0.6) is 0 Å². The molecule has 4 rings (SSSR count). The molecule has 2 aliphatic heterocycles. The Morgan fingerprint density at radius 2 is 1.71 bits per heavy atom. The summed E-state index contributed by atoms with van der Waals surface area (Å²) < 4.78 is 0. The van der Waals surface area contributed by atoms with Crippen LogP contribution in [-0.2, 0) is 13.0 Å². The standard InChI is InChI=1S/C22H25N3O3/c26-21(27)18-7-5-16(6-8-18)15-23-22(28)24-12-10-19(11-13-24)25-14-9-17-3-1-2-4-20(17)25/h1-8,19H,9-15H2,(H,23,28)(H,26,27). The van der Waals surface area contributed by atoms with Crippen molar-refractivity contribution in [1.82, 2.24) is 10.2 Å². The number of urea groups is 1. The highest BCUT2D eigenvalue weighted by molar-refractivity contribution is 5.87. The number of piperidine rings is 1. The minimum atomic E-state index is -0.945. The molecule has 0 saturated carbocycles. The predicted octanol–water partition coefficient (Wildman–Crippen LogP) is 3.12. The van der Waals surface area contributed by atoms with Crippen molar-refractivity contribution >= 4 is 17.7 Å². The second kappa shape index (κ2) is 7.92. The second-order valence-corrected chi connectivity index (χ2v) is 7.45. The van der Waals surface area contributed by atoms with E-state index in [1.54, 1.807) is 24.3 Å². The van der Waals surface area contributed by atoms with Crippen LogP contribution in [0.4, 0.5) is 10.5 Å². The summed E-state index contributed by atoms with van der Waals surface area (Å²) in [6.45, 7) is 2.99. The third-order valence-corrected chi connectivity index (χ3v) is 5.76. The van der Waals surface area contributed by atoms with Crippen molar-refractivity contribution < 1.29 is 14.7 Å². The number of amides is 2. The molecule has 0 bridgehead atoms. The van der Waals surface area contributed by atoms with Gasteiger partial charge in [-0.3, -0.25) is 0 Å². The van der Waals surface area contributed by atoms with E-state index in [1.165, 1.54) is 11.3 Å². The number of fused-ring (bicyclic) bond motifs is 1. The Hall–Kier alpha value is -3.02. The number of hydrogen-bond donors (Lipinski definition) is 2. The summed E-state index contributed by atoms with van der Waals surface area (Å²) in [5.41, 5.74) is 3.93. The van der Waals surface area contributed by atoms with Crippen LogP contribution in [0.15, 0.2) is 48.5 Å². The molecule has 2 aromatic carbocycles. The van der Waals surface area contributed by atoms with Crippen LogP contribution in [0, 0.1) is 0 Å². The molecule has 6 nitrogen and oxygen atoms in total. The molecule has 2 N–H and O–H groups in total. The first kappa shape index (κ1) is 18.3. The number of carboxylic acid groups (broad SMARTS) is 1. The fraction of sp³-hybridized carbons (Fsp3) is 0.364. The molecule has 2 aliphatic rings. The fourth-order valence-corrected chi connectivity index (χ4v) is 4.18. The molecule has 2 aromatic rings. The van der Waals surface area contributed by atoms with Crippen LogP contribution in [0.2, 0.25) is 0 Å². The van der Waals surface area contributed by atoms with Gasteiger partial charge in [0.1, 0.15) is 0 Å². The van der Waals surface area contributed by atoms with Crippen LogP contribution in [0.1, 0.15) is 34.3 Å². The molecule has 0 radical (unpaired) electrons. The first-order valence-corrected chi connectivity index (χ1v) is 9.81. The molecule has 0 spiro atoms. The topological polar surface area (TPSA) is 72.9 Å². The summed E-state index contributed by atoms with van der Waals surface area (Å²) >= 11 is 0. The molecular formula is C22H25N3O3. The molecule has 2 heterocycles. The van der Waals surface area contributed by atoms with Gasteiger partial charge in [-0.15, -0.1) is 0 Å². The Balaban J connectivity index is 1.27. The lowest BCUT2D eigenvalue weighted by atomic mass is 10.0. The monoisotopic (exact) mass is 379 g/mol. The first-order chi connectivity index (χ1) is 13.6. The zero-order chi connectivity index (χ0) is 19.5. The maximum atomic E-state index is 12.5. The summed E-state index contributed by atoms with van der Waals surface area (Å²) in [4.78, 5) is 27.8. The molecule has 1 saturated heterocycles. The van der Waals surface area contributed by atoms with Crippen molar-refractivity contribution in [3.63, 3.8) is 0 Å². The number of hydrogen-bond acceptors (Lipinski definition) is 3. The predicted molar refractivity (Wildman–Crippen MR) is 108 cm³/mol. The zero-order valence-electron chi connectivity index (χ0n) is 15.8. The SMILES string of the molecule is O=C(O)c1ccc(CNC(=O)N2CCC(N3CCc4ccccc43)CC2)cc1. The molecular weight excluding hydrogens is 354 g/mol. The molecule has 0 aromatic heterocycles. The number of rotatable bonds is 4. The number of aromatic carboxylic acids is 1. The van der Waals surface area contributed by atoms with Gasteiger partial charge in [-0.05, 0) is 48.6 Å². The molecule has 146 valence electrons. The number of nitrogens with one attached hydrogen (secondary N) is 1. The van der Waals surface area contributed by atoms with Gasteiger partial charge >= 0.3 is 12.0 Å². The summed E-state index contributed by atoms with van der Waals surface area (Å²) in [5, 5.41) is 11.9. The van der Waals surface area contributed by atoms with Gasteiger partial charge in [0.15, 0.2) is 0 Å². The van der Waals surface area contributed by atoms with E-state index in [2.05, 4.69) is 34.5 Å². The lowest BCUT2D eigenvalue weighted by Crippen LogP contribution is -2.49. The lowest BCUT2D eigenvalue weighted by molar-refractivity contribution is 0.0697. The number of nitrogens with zero attached hydrogens (tertiary/aromatic N) is 2. The van der Waals surface area contributed by atoms with E-state index < -0.39 is 5.97 Å². The van der Waals surface area contributed by atoms with Gasteiger partial charge in [0.05, 0.1) is 5.56 Å². The molecule has 0 aliphatic carbocycles. The quantitative estimate of drug-likeness (QED) is 0.856. The summed E-state index contributed by atoms with van der Waals surface area (Å²) in [6, 6.07) is 15.7. The number of carbonyl (C=O) groups excluding carboxylic acids is 1. The number of carboxylic acids is 1. The van der Waals surface area contributed by atoms with Crippen molar-refractivity contribution in [3.05, 3.63) is 65.2 Å². The van der Waals surface area contributed by atoms with Gasteiger partial charge in [-0.25, -0.2) is 9.59 Å². The highest BCUT2D eigenvalue weighted by atomic mass is 16.4. The molecule has 6 heteroatoms. The smallest absolute Gasteiger partial charge is 0.335 e. The summed E-state index contributed by atoms with van der Waals surface area (Å²) in [7, 11) is 0. The normalized spacial score (nSPS) is 16.7. The van der Waals surface area contributed by atoms with Crippen LogP contribution in [0.3, 0.4) is 0 Å². The maximum absolute atomic E-state index is 12.5. The van der Waals surface area contributed by atoms with Crippen LogP contribution in [-0.4, -0.2) is 47.7 Å². The van der Waals surface area contributed by atoms with Crippen molar-refractivity contribution in [1.29, 1.82) is 0 Å². The van der Waals surface area contributed by atoms with Crippen molar-refractivity contribution in [2.45, 2.75) is 31.8 Å². The largest absolute Gasteiger partial charge is 0.478 e. The number of benzene rings is 2. The third kappa shape index (κ3) is 3.81. The number of carbonyl (C=O) groups is 2. The maximum Gasteiger partial charge on any atom is 0.335 e. The lowest BCUT2D eigenvalue weighted by Gasteiger charge is -2.38. The van der Waals surface area contributed by atoms with E-state index in [0.717, 1.165) is 44.5 Å². The van der Waals surface area contributed by atoms with Crippen molar-refractivity contribution in [3.8, 4) is 0 Å². The van der Waals surface area contributed by atoms with Gasteiger partial charge in [-0.2, -0.15) is 0 Å². The second-order valence-electron chi connectivity index (χ2n) is 7.45. The Morgan fingerprint density at radius 1 is 1.00 bits per heavy atom. The van der Waals surface area contributed by atoms with Gasteiger partial charge in [-0.1, -0.05) is 30.3 Å². The van der Waals surface area contributed by atoms with Gasteiger partial charge in [0.25, 0.3) is 0 Å². The van der Waals surface area contributed by atoms with E-state index in [-0.39, 0.29) is 11.6 Å². The highest BCUT2D eigenvalue weighted by Crippen LogP contribution is 2.32. The van der Waals surface area contributed by atoms with E-state index in [9.17, 15) is 9.59 Å². The molecule has 1 fully saturated rings. The molecule has 28 heavy (non-hydrogen) atoms. The average Bonchev–Trinajstić information content (AvgIpc) is 3.16. The zero-order valence-corrected chi connectivity index (χ0v) is 15.8. The molecule has 2 amide bonds. The minimum absolute atomic E-state index is 0.0532. The Kier molecular flexibility index (Phi) is 5.19. The van der Waals surface area contributed by atoms with E-state index >= 15 is 0 Å². The van der Waals surface area contributed by atoms with E-state index in [4.69, 9.17) is 5.11 Å². The van der Waals surface area contributed by atoms with Crippen LogP contribution >= 0.6 is 0 Å². The van der Waals surface area contributed by atoms with Gasteiger partial charge in [0, 0.05) is 37.9 Å². The Labute approximate surface area is 164 Å². The fourth-order valence-electron chi connectivity index (χ4n) is 4.18. The molecule has 0 atom stereocenters. The molecule has 0 unspecified atom stereocenters. The number of para-hydroxylation sites is 1.